The molecule has 0 aliphatic rings. The van der Waals surface area contributed by atoms with Crippen LogP contribution >= 0.6 is 11.6 Å². The van der Waals surface area contributed by atoms with E-state index in [1.807, 2.05) is 6.92 Å². The van der Waals surface area contributed by atoms with Crippen LogP contribution in [0, 0.1) is 5.82 Å². The van der Waals surface area contributed by atoms with Gasteiger partial charge in [0.05, 0.1) is 11.4 Å². The second-order valence-corrected chi connectivity index (χ2v) is 6.37. The van der Waals surface area contributed by atoms with Crippen LogP contribution < -0.4 is 4.72 Å². The van der Waals surface area contributed by atoms with Crippen LogP contribution in [-0.2, 0) is 14.8 Å². The number of sulfonamides is 1. The summed E-state index contributed by atoms with van der Waals surface area (Å²) in [7, 11) is -3.99. The molecular formula is C12H15ClFNO4S. The van der Waals surface area contributed by atoms with E-state index in [2.05, 4.69) is 4.72 Å². The fraction of sp³-hybridized carbons (Fsp3) is 0.417. The molecule has 1 unspecified atom stereocenters. The first-order valence-electron chi connectivity index (χ1n) is 5.95. The van der Waals surface area contributed by atoms with Gasteiger partial charge < -0.3 is 5.11 Å². The maximum Gasteiger partial charge on any atom is 0.304 e. The molecule has 0 saturated carbocycles. The van der Waals surface area contributed by atoms with E-state index in [1.54, 1.807) is 0 Å². The van der Waals surface area contributed by atoms with E-state index in [0.29, 0.717) is 12.8 Å². The van der Waals surface area contributed by atoms with Gasteiger partial charge in [-0.2, -0.15) is 0 Å². The van der Waals surface area contributed by atoms with Crippen molar-refractivity contribution in [2.24, 2.45) is 0 Å². The van der Waals surface area contributed by atoms with Crippen molar-refractivity contribution < 1.29 is 22.7 Å². The van der Waals surface area contributed by atoms with Gasteiger partial charge in [0.25, 0.3) is 0 Å². The van der Waals surface area contributed by atoms with Crippen LogP contribution in [0.15, 0.2) is 23.1 Å². The molecule has 0 radical (unpaired) electrons. The first-order chi connectivity index (χ1) is 9.26. The maximum absolute atomic E-state index is 12.9. The number of carboxylic acids is 1. The Balaban J connectivity index is 2.99. The fourth-order valence-electron chi connectivity index (χ4n) is 1.74. The van der Waals surface area contributed by atoms with E-state index in [-0.39, 0.29) is 16.3 Å². The Morgan fingerprint density at radius 2 is 2.15 bits per heavy atom. The Kier molecular flexibility index (Phi) is 5.91. The smallest absolute Gasteiger partial charge is 0.304 e. The van der Waals surface area contributed by atoms with E-state index in [0.717, 1.165) is 18.2 Å². The fourth-order valence-corrected chi connectivity index (χ4v) is 3.54. The molecule has 0 heterocycles. The summed E-state index contributed by atoms with van der Waals surface area (Å²) in [5, 5.41) is 8.51. The first-order valence-corrected chi connectivity index (χ1v) is 7.81. The van der Waals surface area contributed by atoms with Crippen molar-refractivity contribution >= 4 is 27.6 Å². The molecule has 2 N–H and O–H groups in total. The molecular weight excluding hydrogens is 309 g/mol. The topological polar surface area (TPSA) is 83.5 Å². The quantitative estimate of drug-likeness (QED) is 0.807. The van der Waals surface area contributed by atoms with Crippen molar-refractivity contribution in [1.82, 2.24) is 4.72 Å². The molecule has 5 nitrogen and oxygen atoms in total. The molecule has 0 amide bonds. The van der Waals surface area contributed by atoms with Crippen LogP contribution in [0.5, 0.6) is 0 Å². The number of benzene rings is 1. The lowest BCUT2D eigenvalue weighted by atomic mass is 10.1. The second-order valence-electron chi connectivity index (χ2n) is 4.28. The molecule has 0 aliphatic carbocycles. The second kappa shape index (κ2) is 7.01. The van der Waals surface area contributed by atoms with Crippen molar-refractivity contribution in [1.29, 1.82) is 0 Å². The molecule has 1 aromatic carbocycles. The van der Waals surface area contributed by atoms with Crippen molar-refractivity contribution in [3.8, 4) is 0 Å². The van der Waals surface area contributed by atoms with Gasteiger partial charge in [0, 0.05) is 6.04 Å². The molecule has 20 heavy (non-hydrogen) atoms. The summed E-state index contributed by atoms with van der Waals surface area (Å²) in [5.41, 5.74) is 0. The summed E-state index contributed by atoms with van der Waals surface area (Å²) in [6.07, 6.45) is 0.674. The van der Waals surface area contributed by atoms with Gasteiger partial charge in [-0.3, -0.25) is 4.79 Å². The molecule has 0 spiro atoms. The third-order valence-corrected chi connectivity index (χ3v) is 4.57. The van der Waals surface area contributed by atoms with Crippen LogP contribution in [0.1, 0.15) is 26.2 Å². The van der Waals surface area contributed by atoms with Crippen LogP contribution in [0.2, 0.25) is 5.02 Å². The summed E-state index contributed by atoms with van der Waals surface area (Å²) in [5.74, 6) is -1.75. The number of rotatable bonds is 7. The van der Waals surface area contributed by atoms with Crippen LogP contribution in [-0.4, -0.2) is 25.5 Å². The molecule has 1 aromatic rings. The molecule has 0 fully saturated rings. The lowest BCUT2D eigenvalue weighted by Crippen LogP contribution is -2.36. The summed E-state index contributed by atoms with van der Waals surface area (Å²) in [6, 6.07) is 2.18. The highest BCUT2D eigenvalue weighted by Crippen LogP contribution is 2.22. The van der Waals surface area contributed by atoms with Crippen LogP contribution in [0.4, 0.5) is 4.39 Å². The summed E-state index contributed by atoms with van der Waals surface area (Å²) < 4.78 is 39.4. The number of carboxylic acid groups (broad SMARTS) is 1. The van der Waals surface area contributed by atoms with Gasteiger partial charge in [-0.1, -0.05) is 24.9 Å². The molecule has 8 heteroatoms. The van der Waals surface area contributed by atoms with Crippen molar-refractivity contribution in [2.45, 2.75) is 37.1 Å². The highest BCUT2D eigenvalue weighted by atomic mass is 35.5. The van der Waals surface area contributed by atoms with Crippen molar-refractivity contribution in [3.05, 3.63) is 29.0 Å². The number of nitrogens with one attached hydrogen (secondary N) is 1. The summed E-state index contributed by atoms with van der Waals surface area (Å²) >= 11 is 5.70. The Hall–Kier alpha value is -1.18. The van der Waals surface area contributed by atoms with Gasteiger partial charge in [-0.15, -0.1) is 0 Å². The Bertz CT molecular complexity index is 591. The minimum Gasteiger partial charge on any atom is -0.481 e. The monoisotopic (exact) mass is 323 g/mol. The predicted molar refractivity (Wildman–Crippen MR) is 72.7 cm³/mol. The predicted octanol–water partition coefficient (Wildman–Crippen LogP) is 2.40. The Morgan fingerprint density at radius 3 is 2.65 bits per heavy atom. The molecule has 0 aliphatic heterocycles. The number of carbonyl (C=O) groups is 1. The lowest BCUT2D eigenvalue weighted by Gasteiger charge is -2.16. The molecule has 0 aromatic heterocycles. The van der Waals surface area contributed by atoms with Gasteiger partial charge in [-0.25, -0.2) is 17.5 Å². The van der Waals surface area contributed by atoms with Gasteiger partial charge in [0.15, 0.2) is 0 Å². The lowest BCUT2D eigenvalue weighted by molar-refractivity contribution is -0.137. The zero-order valence-corrected chi connectivity index (χ0v) is 12.3. The van der Waals surface area contributed by atoms with Gasteiger partial charge in [0.1, 0.15) is 10.7 Å². The van der Waals surface area contributed by atoms with E-state index in [1.165, 1.54) is 0 Å². The van der Waals surface area contributed by atoms with E-state index in [9.17, 15) is 17.6 Å². The van der Waals surface area contributed by atoms with Crippen LogP contribution in [0.25, 0.3) is 0 Å². The number of hydrogen-bond acceptors (Lipinski definition) is 3. The number of aliphatic carboxylic acids is 1. The van der Waals surface area contributed by atoms with Gasteiger partial charge >= 0.3 is 5.97 Å². The van der Waals surface area contributed by atoms with Gasteiger partial charge in [-0.05, 0) is 24.6 Å². The maximum atomic E-state index is 12.9. The van der Waals surface area contributed by atoms with Crippen molar-refractivity contribution in [2.75, 3.05) is 0 Å². The standard InChI is InChI=1S/C12H15ClFNO4S/c1-2-3-9(7-12(16)17)15-20(18,19)11-5-4-8(14)6-10(11)13/h4-6,9,15H,2-3,7H2,1H3,(H,16,17). The molecule has 0 saturated heterocycles. The third kappa shape index (κ3) is 4.73. The van der Waals surface area contributed by atoms with E-state index in [4.69, 9.17) is 16.7 Å². The normalized spacial score (nSPS) is 13.2. The largest absolute Gasteiger partial charge is 0.481 e. The zero-order valence-electron chi connectivity index (χ0n) is 10.8. The van der Waals surface area contributed by atoms with Gasteiger partial charge in [0.2, 0.25) is 10.0 Å². The van der Waals surface area contributed by atoms with E-state index >= 15 is 0 Å². The van der Waals surface area contributed by atoms with Crippen molar-refractivity contribution in [3.63, 3.8) is 0 Å². The molecule has 1 atom stereocenters. The molecule has 112 valence electrons. The third-order valence-electron chi connectivity index (χ3n) is 2.56. The minimum absolute atomic E-state index is 0.247. The average molecular weight is 324 g/mol. The van der Waals surface area contributed by atoms with E-state index < -0.39 is 27.9 Å². The first kappa shape index (κ1) is 16.9. The number of halogens is 2. The molecule has 0 bridgehead atoms. The highest BCUT2D eigenvalue weighted by Gasteiger charge is 2.23. The summed E-state index contributed by atoms with van der Waals surface area (Å²) in [6.45, 7) is 1.81. The Labute approximate surface area is 121 Å². The number of hydrogen-bond donors (Lipinski definition) is 2. The SMILES string of the molecule is CCCC(CC(=O)O)NS(=O)(=O)c1ccc(F)cc1Cl. The zero-order chi connectivity index (χ0) is 15.3. The summed E-state index contributed by atoms with van der Waals surface area (Å²) in [4.78, 5) is 10.4. The Morgan fingerprint density at radius 1 is 1.50 bits per heavy atom. The minimum atomic E-state index is -3.99. The van der Waals surface area contributed by atoms with Crippen LogP contribution in [0.3, 0.4) is 0 Å². The highest BCUT2D eigenvalue weighted by molar-refractivity contribution is 7.89. The molecule has 1 rings (SSSR count). The average Bonchev–Trinajstić information content (AvgIpc) is 2.26.